The lowest BCUT2D eigenvalue weighted by molar-refractivity contribution is -0.157. The van der Waals surface area contributed by atoms with Crippen LogP contribution in [0.2, 0.25) is 0 Å². The quantitative estimate of drug-likeness (QED) is 0.539. The van der Waals surface area contributed by atoms with Crippen molar-refractivity contribution in [2.75, 3.05) is 24.7 Å². The van der Waals surface area contributed by atoms with Crippen molar-refractivity contribution in [2.45, 2.75) is 25.4 Å². The first-order chi connectivity index (χ1) is 14.5. The molecule has 0 aliphatic carbocycles. The Morgan fingerprint density at radius 3 is 2.60 bits per heavy atom. The summed E-state index contributed by atoms with van der Waals surface area (Å²) in [5, 5.41) is 0. The molecule has 0 saturated carbocycles. The number of fused-ring (bicyclic) bond motifs is 3. The van der Waals surface area contributed by atoms with Crippen molar-refractivity contribution in [3.05, 3.63) is 59.9 Å². The molecule has 8 heteroatoms. The number of hydrogen-bond acceptors (Lipinski definition) is 5. The second kappa shape index (κ2) is 7.78. The molecule has 1 atom stereocenters. The molecule has 2 aliphatic rings. The van der Waals surface area contributed by atoms with Gasteiger partial charge in [-0.05, 0) is 31.2 Å². The molecule has 2 aliphatic heterocycles. The van der Waals surface area contributed by atoms with Crippen LogP contribution in [0.1, 0.15) is 30.1 Å². The summed E-state index contributed by atoms with van der Waals surface area (Å²) in [6, 6.07) is 12.7. The van der Waals surface area contributed by atoms with E-state index in [0.29, 0.717) is 11.3 Å². The van der Waals surface area contributed by atoms with Gasteiger partial charge in [0, 0.05) is 19.4 Å². The van der Waals surface area contributed by atoms with Gasteiger partial charge in [0.05, 0.1) is 11.3 Å². The van der Waals surface area contributed by atoms with Crippen LogP contribution in [-0.2, 0) is 14.3 Å². The predicted molar refractivity (Wildman–Crippen MR) is 105 cm³/mol. The number of amides is 2. The Morgan fingerprint density at radius 1 is 1.10 bits per heavy atom. The van der Waals surface area contributed by atoms with Crippen LogP contribution in [0, 0.1) is 5.82 Å². The maximum atomic E-state index is 13.6. The van der Waals surface area contributed by atoms with Crippen LogP contribution in [-0.4, -0.2) is 48.1 Å². The molecule has 0 radical (unpaired) electrons. The Hall–Kier alpha value is -3.42. The third-order valence-corrected chi connectivity index (χ3v) is 5.43. The van der Waals surface area contributed by atoms with Crippen molar-refractivity contribution in [1.82, 2.24) is 4.90 Å². The standard InChI is InChI=1S/C22H21FN2O5/c1-2-24-20(27)15-7-3-5-9-17(15)25-19(26)11-12-22(24,25)21(28)30-14-13-29-18-10-6-4-8-16(18)23/h3-10H,2,11-14H2,1H3/t22-/m0/s1. The lowest BCUT2D eigenvalue weighted by Gasteiger charge is -2.48. The van der Waals surface area contributed by atoms with Crippen molar-refractivity contribution in [3.8, 4) is 5.75 Å². The average Bonchev–Trinajstić information content (AvgIpc) is 3.11. The number of rotatable bonds is 6. The maximum absolute atomic E-state index is 13.6. The van der Waals surface area contributed by atoms with Gasteiger partial charge in [-0.15, -0.1) is 0 Å². The van der Waals surface area contributed by atoms with Crippen LogP contribution in [0.15, 0.2) is 48.5 Å². The van der Waals surface area contributed by atoms with Gasteiger partial charge in [0.1, 0.15) is 13.2 Å². The molecule has 2 heterocycles. The average molecular weight is 412 g/mol. The number of halogens is 1. The van der Waals surface area contributed by atoms with E-state index in [1.165, 1.54) is 21.9 Å². The molecule has 0 bridgehead atoms. The van der Waals surface area contributed by atoms with E-state index in [0.717, 1.165) is 0 Å². The number of carbonyl (C=O) groups excluding carboxylic acids is 3. The minimum atomic E-state index is -1.52. The maximum Gasteiger partial charge on any atom is 0.353 e. The van der Waals surface area contributed by atoms with Gasteiger partial charge in [-0.1, -0.05) is 24.3 Å². The van der Waals surface area contributed by atoms with Gasteiger partial charge in [0.15, 0.2) is 11.6 Å². The number of likely N-dealkylation sites (N-methyl/N-ethyl adjacent to an activating group) is 1. The first kappa shape index (κ1) is 19.9. The highest BCUT2D eigenvalue weighted by Crippen LogP contribution is 2.44. The summed E-state index contributed by atoms with van der Waals surface area (Å²) in [5.74, 6) is -1.72. The largest absolute Gasteiger partial charge is 0.487 e. The smallest absolute Gasteiger partial charge is 0.353 e. The Balaban J connectivity index is 1.56. The van der Waals surface area contributed by atoms with Crippen molar-refractivity contribution < 1.29 is 28.2 Å². The van der Waals surface area contributed by atoms with Crippen molar-refractivity contribution in [2.24, 2.45) is 0 Å². The van der Waals surface area contributed by atoms with Gasteiger partial charge in [-0.2, -0.15) is 0 Å². The summed E-state index contributed by atoms with van der Waals surface area (Å²) in [5.41, 5.74) is -0.731. The van der Waals surface area contributed by atoms with E-state index < -0.39 is 17.4 Å². The molecule has 156 valence electrons. The number of esters is 1. The molecule has 30 heavy (non-hydrogen) atoms. The molecular weight excluding hydrogens is 391 g/mol. The summed E-state index contributed by atoms with van der Waals surface area (Å²) >= 11 is 0. The fourth-order valence-electron chi connectivity index (χ4n) is 4.14. The summed E-state index contributed by atoms with van der Waals surface area (Å²) in [6.45, 7) is 1.78. The van der Waals surface area contributed by atoms with Crippen LogP contribution >= 0.6 is 0 Å². The number of ether oxygens (including phenoxy) is 2. The van der Waals surface area contributed by atoms with E-state index in [9.17, 15) is 18.8 Å². The van der Waals surface area contributed by atoms with Crippen molar-refractivity contribution >= 4 is 23.5 Å². The fourth-order valence-corrected chi connectivity index (χ4v) is 4.14. The Morgan fingerprint density at radius 2 is 1.83 bits per heavy atom. The van der Waals surface area contributed by atoms with Gasteiger partial charge in [-0.25, -0.2) is 9.18 Å². The van der Waals surface area contributed by atoms with E-state index in [4.69, 9.17) is 9.47 Å². The normalized spacial score (nSPS) is 20.1. The van der Waals surface area contributed by atoms with Gasteiger partial charge in [-0.3, -0.25) is 14.5 Å². The first-order valence-corrected chi connectivity index (χ1v) is 9.79. The minimum absolute atomic E-state index is 0.0568. The molecule has 7 nitrogen and oxygen atoms in total. The Labute approximate surface area is 173 Å². The van der Waals surface area contributed by atoms with Gasteiger partial charge >= 0.3 is 5.97 Å². The van der Waals surface area contributed by atoms with E-state index in [2.05, 4.69) is 0 Å². The van der Waals surface area contributed by atoms with Crippen LogP contribution in [0.3, 0.4) is 0 Å². The molecule has 2 aromatic carbocycles. The van der Waals surface area contributed by atoms with E-state index in [-0.39, 0.29) is 50.2 Å². The van der Waals surface area contributed by atoms with E-state index >= 15 is 0 Å². The number of nitrogens with zero attached hydrogens (tertiary/aromatic N) is 2. The number of hydrogen-bond donors (Lipinski definition) is 0. The van der Waals surface area contributed by atoms with Crippen LogP contribution in [0.4, 0.5) is 10.1 Å². The Kier molecular flexibility index (Phi) is 5.15. The Bertz CT molecular complexity index is 1010. The lowest BCUT2D eigenvalue weighted by Crippen LogP contribution is -2.68. The van der Waals surface area contributed by atoms with Crippen molar-refractivity contribution in [1.29, 1.82) is 0 Å². The van der Waals surface area contributed by atoms with Gasteiger partial charge < -0.3 is 14.4 Å². The zero-order chi connectivity index (χ0) is 21.3. The highest BCUT2D eigenvalue weighted by molar-refractivity contribution is 6.15. The van der Waals surface area contributed by atoms with Crippen LogP contribution in [0.5, 0.6) is 5.75 Å². The second-order valence-corrected chi connectivity index (χ2v) is 7.03. The number of para-hydroxylation sites is 2. The molecule has 0 aromatic heterocycles. The summed E-state index contributed by atoms with van der Waals surface area (Å²) in [7, 11) is 0. The highest BCUT2D eigenvalue weighted by atomic mass is 19.1. The molecule has 0 N–H and O–H groups in total. The summed E-state index contributed by atoms with van der Waals surface area (Å²) in [4.78, 5) is 41.8. The minimum Gasteiger partial charge on any atom is -0.487 e. The van der Waals surface area contributed by atoms with Crippen LogP contribution in [0.25, 0.3) is 0 Å². The zero-order valence-electron chi connectivity index (χ0n) is 16.5. The van der Waals surface area contributed by atoms with Gasteiger partial charge in [0.2, 0.25) is 11.6 Å². The molecule has 1 fully saturated rings. The van der Waals surface area contributed by atoms with Crippen LogP contribution < -0.4 is 9.64 Å². The molecule has 2 aromatic rings. The topological polar surface area (TPSA) is 76.2 Å². The van der Waals surface area contributed by atoms with E-state index in [1.54, 1.807) is 43.3 Å². The molecule has 2 amide bonds. The van der Waals surface area contributed by atoms with E-state index in [1.807, 2.05) is 0 Å². The molecule has 1 saturated heterocycles. The first-order valence-electron chi connectivity index (χ1n) is 9.79. The lowest BCUT2D eigenvalue weighted by atomic mass is 9.96. The monoisotopic (exact) mass is 412 g/mol. The fraction of sp³-hybridized carbons (Fsp3) is 0.318. The molecule has 0 unspecified atom stereocenters. The molecular formula is C22H21FN2O5. The third-order valence-electron chi connectivity index (χ3n) is 5.43. The summed E-state index contributed by atoms with van der Waals surface area (Å²) in [6.07, 6.45) is 0.270. The highest BCUT2D eigenvalue weighted by Gasteiger charge is 2.61. The second-order valence-electron chi connectivity index (χ2n) is 7.03. The molecule has 0 spiro atoms. The predicted octanol–water partition coefficient (Wildman–Crippen LogP) is 2.75. The molecule has 4 rings (SSSR count). The third kappa shape index (κ3) is 2.99. The van der Waals surface area contributed by atoms with Crippen molar-refractivity contribution in [3.63, 3.8) is 0 Å². The number of anilines is 1. The summed E-state index contributed by atoms with van der Waals surface area (Å²) < 4.78 is 24.4. The zero-order valence-corrected chi connectivity index (χ0v) is 16.5. The number of carbonyl (C=O) groups is 3. The number of benzene rings is 2. The van der Waals surface area contributed by atoms with Gasteiger partial charge in [0.25, 0.3) is 5.91 Å². The SMILES string of the molecule is CCN1C(=O)c2ccccc2N2C(=O)CC[C@]12C(=O)OCCOc1ccccc1F.